The van der Waals surface area contributed by atoms with E-state index in [1.165, 1.54) is 0 Å². The van der Waals surface area contributed by atoms with E-state index >= 15 is 0 Å². The third kappa shape index (κ3) is 3.07. The minimum Gasteiger partial charge on any atom is -0.356 e. The largest absolute Gasteiger partial charge is 0.356 e. The van der Waals surface area contributed by atoms with Gasteiger partial charge >= 0.3 is 0 Å². The number of aromatic nitrogens is 1. The molecule has 2 heterocycles. The Morgan fingerprint density at radius 2 is 2.05 bits per heavy atom. The number of nitrogens with one attached hydrogen (secondary N) is 1. The van der Waals surface area contributed by atoms with Gasteiger partial charge in [-0.15, -0.1) is 0 Å². The van der Waals surface area contributed by atoms with Gasteiger partial charge in [0.1, 0.15) is 5.82 Å². The first-order valence-corrected chi connectivity index (χ1v) is 7.80. The molecule has 5 heteroatoms. The van der Waals surface area contributed by atoms with Crippen molar-refractivity contribution in [2.45, 2.75) is 19.8 Å². The third-order valence-corrected chi connectivity index (χ3v) is 4.11. The Bertz CT molecular complexity index is 696. The van der Waals surface area contributed by atoms with Crippen LogP contribution in [0.1, 0.15) is 28.8 Å². The summed E-state index contributed by atoms with van der Waals surface area (Å²) < 4.78 is 0. The molecule has 0 bridgehead atoms. The Kier molecular flexibility index (Phi) is 4.29. The monoisotopic (exact) mass is 315 g/mol. The fourth-order valence-electron chi connectivity index (χ4n) is 2.71. The second kappa shape index (κ2) is 6.36. The molecule has 1 aliphatic rings. The van der Waals surface area contributed by atoms with Crippen LogP contribution in [-0.2, 0) is 0 Å². The number of hydrogen-bond donors (Lipinski definition) is 1. The molecule has 0 spiro atoms. The van der Waals surface area contributed by atoms with Crippen LogP contribution in [0.25, 0.3) is 0 Å². The van der Waals surface area contributed by atoms with Gasteiger partial charge in [-0.25, -0.2) is 4.98 Å². The molecule has 2 aromatic rings. The Hall–Kier alpha value is -2.07. The van der Waals surface area contributed by atoms with Crippen LogP contribution in [0.5, 0.6) is 0 Å². The van der Waals surface area contributed by atoms with Crippen molar-refractivity contribution in [1.82, 2.24) is 4.98 Å². The predicted octanol–water partition coefficient (Wildman–Crippen LogP) is 3.90. The number of pyridine rings is 1. The maximum absolute atomic E-state index is 12.6. The van der Waals surface area contributed by atoms with E-state index in [0.717, 1.165) is 43.0 Å². The Balaban J connectivity index is 1.86. The average molecular weight is 316 g/mol. The number of amides is 1. The molecule has 1 aromatic heterocycles. The first kappa shape index (κ1) is 14.9. The lowest BCUT2D eigenvalue weighted by Crippen LogP contribution is -2.24. The summed E-state index contributed by atoms with van der Waals surface area (Å²) in [5.74, 6) is 0.629. The average Bonchev–Trinajstić information content (AvgIpc) is 3.04. The normalized spacial score (nSPS) is 14.2. The van der Waals surface area contributed by atoms with Gasteiger partial charge in [-0.3, -0.25) is 4.79 Å². The number of carbonyl (C=O) groups is 1. The smallest absolute Gasteiger partial charge is 0.259 e. The minimum atomic E-state index is -0.138. The zero-order chi connectivity index (χ0) is 15.5. The number of anilines is 2. The lowest BCUT2D eigenvalue weighted by Gasteiger charge is -2.19. The zero-order valence-corrected chi connectivity index (χ0v) is 13.2. The number of nitrogens with zero attached hydrogens (tertiary/aromatic N) is 2. The summed E-state index contributed by atoms with van der Waals surface area (Å²) in [4.78, 5) is 19.2. The van der Waals surface area contributed by atoms with Crippen LogP contribution in [0.15, 0.2) is 36.5 Å². The van der Waals surface area contributed by atoms with E-state index in [2.05, 4.69) is 15.2 Å². The van der Waals surface area contributed by atoms with Crippen molar-refractivity contribution in [3.8, 4) is 0 Å². The van der Waals surface area contributed by atoms with Gasteiger partial charge in [0.2, 0.25) is 0 Å². The maximum atomic E-state index is 12.6. The molecule has 0 saturated carbocycles. The second-order valence-corrected chi connectivity index (χ2v) is 5.92. The zero-order valence-electron chi connectivity index (χ0n) is 12.5. The molecule has 1 N–H and O–H groups in total. The number of halogens is 1. The Morgan fingerprint density at radius 3 is 2.77 bits per heavy atom. The highest BCUT2D eigenvalue weighted by Gasteiger charge is 2.20. The van der Waals surface area contributed by atoms with Gasteiger partial charge in [-0.1, -0.05) is 11.6 Å². The fourth-order valence-corrected chi connectivity index (χ4v) is 2.94. The van der Waals surface area contributed by atoms with E-state index in [0.29, 0.717) is 10.6 Å². The molecular formula is C17H18ClN3O. The summed E-state index contributed by atoms with van der Waals surface area (Å²) >= 11 is 5.95. The molecule has 114 valence electrons. The molecule has 0 unspecified atom stereocenters. The summed E-state index contributed by atoms with van der Waals surface area (Å²) in [7, 11) is 0. The van der Waals surface area contributed by atoms with Gasteiger partial charge in [-0.2, -0.15) is 0 Å². The maximum Gasteiger partial charge on any atom is 0.259 e. The number of carbonyl (C=O) groups excluding carboxylic acids is 1. The first-order valence-electron chi connectivity index (χ1n) is 7.42. The first-order chi connectivity index (χ1) is 10.6. The van der Waals surface area contributed by atoms with E-state index in [4.69, 9.17) is 11.6 Å². The topological polar surface area (TPSA) is 45.2 Å². The summed E-state index contributed by atoms with van der Waals surface area (Å²) in [5, 5.41) is 3.62. The van der Waals surface area contributed by atoms with Gasteiger partial charge in [0.05, 0.1) is 5.56 Å². The lowest BCUT2D eigenvalue weighted by molar-refractivity contribution is 0.102. The standard InChI is InChI=1S/C17H18ClN3O/c1-12-11-13(18)6-7-15(12)20-17(22)14-5-4-8-19-16(14)21-9-2-3-10-21/h4-8,11H,2-3,9-10H2,1H3,(H,20,22). The van der Waals surface area contributed by atoms with Gasteiger partial charge in [0.15, 0.2) is 0 Å². The number of benzene rings is 1. The second-order valence-electron chi connectivity index (χ2n) is 5.48. The SMILES string of the molecule is Cc1cc(Cl)ccc1NC(=O)c1cccnc1N1CCCC1. The van der Waals surface area contributed by atoms with E-state index in [9.17, 15) is 4.79 Å². The summed E-state index contributed by atoms with van der Waals surface area (Å²) in [6.45, 7) is 3.83. The van der Waals surface area contributed by atoms with Crippen LogP contribution in [0, 0.1) is 6.92 Å². The fraction of sp³-hybridized carbons (Fsp3) is 0.294. The van der Waals surface area contributed by atoms with Gasteiger partial charge in [0.25, 0.3) is 5.91 Å². The van der Waals surface area contributed by atoms with Crippen LogP contribution in [-0.4, -0.2) is 24.0 Å². The molecule has 1 aliphatic heterocycles. The molecule has 1 fully saturated rings. The van der Waals surface area contributed by atoms with Crippen molar-refractivity contribution in [1.29, 1.82) is 0 Å². The Labute approximate surface area is 135 Å². The summed E-state index contributed by atoms with van der Waals surface area (Å²) in [6, 6.07) is 9.04. The highest BCUT2D eigenvalue weighted by Crippen LogP contribution is 2.24. The van der Waals surface area contributed by atoms with E-state index in [-0.39, 0.29) is 5.91 Å². The number of rotatable bonds is 3. The molecule has 1 saturated heterocycles. The Morgan fingerprint density at radius 1 is 1.27 bits per heavy atom. The molecule has 3 rings (SSSR count). The highest BCUT2D eigenvalue weighted by molar-refractivity contribution is 6.30. The van der Waals surface area contributed by atoms with Crippen LogP contribution in [0.3, 0.4) is 0 Å². The molecule has 0 aliphatic carbocycles. The van der Waals surface area contributed by atoms with Gasteiger partial charge in [-0.05, 0) is 55.7 Å². The van der Waals surface area contributed by atoms with Gasteiger partial charge in [0, 0.05) is 30.0 Å². The van der Waals surface area contributed by atoms with E-state index in [1.54, 1.807) is 18.3 Å². The summed E-state index contributed by atoms with van der Waals surface area (Å²) in [5.41, 5.74) is 2.32. The van der Waals surface area contributed by atoms with Crippen molar-refractivity contribution >= 4 is 29.0 Å². The quantitative estimate of drug-likeness (QED) is 0.934. The van der Waals surface area contributed by atoms with Crippen molar-refractivity contribution in [3.63, 3.8) is 0 Å². The van der Waals surface area contributed by atoms with Gasteiger partial charge < -0.3 is 10.2 Å². The predicted molar refractivity (Wildman–Crippen MR) is 89.8 cm³/mol. The third-order valence-electron chi connectivity index (χ3n) is 3.87. The number of hydrogen-bond acceptors (Lipinski definition) is 3. The van der Waals surface area contributed by atoms with Crippen LogP contribution in [0.4, 0.5) is 11.5 Å². The summed E-state index contributed by atoms with van der Waals surface area (Å²) in [6.07, 6.45) is 4.03. The van der Waals surface area contributed by atoms with E-state index in [1.807, 2.05) is 25.1 Å². The van der Waals surface area contributed by atoms with Crippen molar-refractivity contribution < 1.29 is 4.79 Å². The molecule has 22 heavy (non-hydrogen) atoms. The lowest BCUT2D eigenvalue weighted by atomic mass is 10.1. The molecule has 0 radical (unpaired) electrons. The molecule has 1 amide bonds. The van der Waals surface area contributed by atoms with Crippen LogP contribution < -0.4 is 10.2 Å². The van der Waals surface area contributed by atoms with Crippen molar-refractivity contribution in [2.75, 3.05) is 23.3 Å². The highest BCUT2D eigenvalue weighted by atomic mass is 35.5. The molecule has 0 atom stereocenters. The van der Waals surface area contributed by atoms with Crippen LogP contribution in [0.2, 0.25) is 5.02 Å². The molecular weight excluding hydrogens is 298 g/mol. The minimum absolute atomic E-state index is 0.138. The molecule has 4 nitrogen and oxygen atoms in total. The number of aryl methyl sites for hydroxylation is 1. The van der Waals surface area contributed by atoms with Crippen LogP contribution >= 0.6 is 11.6 Å². The van der Waals surface area contributed by atoms with Crippen molar-refractivity contribution in [3.05, 3.63) is 52.7 Å². The molecule has 1 aromatic carbocycles. The van der Waals surface area contributed by atoms with Crippen molar-refractivity contribution in [2.24, 2.45) is 0 Å². The van der Waals surface area contributed by atoms with E-state index < -0.39 is 0 Å².